The van der Waals surface area contributed by atoms with E-state index >= 15 is 0 Å². The van der Waals surface area contributed by atoms with E-state index in [1.807, 2.05) is 0 Å². The Hall–Kier alpha value is -3.61. The van der Waals surface area contributed by atoms with Crippen LogP contribution < -0.4 is 14.2 Å². The summed E-state index contributed by atoms with van der Waals surface area (Å²) in [5.74, 6) is 0.0873. The third-order valence-electron chi connectivity index (χ3n) is 4.20. The Morgan fingerprint density at radius 3 is 1.97 bits per heavy atom. The van der Waals surface area contributed by atoms with E-state index in [4.69, 9.17) is 18.9 Å². The van der Waals surface area contributed by atoms with Gasteiger partial charge in [-0.1, -0.05) is 6.58 Å². The summed E-state index contributed by atoms with van der Waals surface area (Å²) >= 11 is 0. The number of esters is 3. The summed E-state index contributed by atoms with van der Waals surface area (Å²) in [6, 6.07) is 12.8. The maximum atomic E-state index is 12.2. The van der Waals surface area contributed by atoms with Gasteiger partial charge in [-0.25, -0.2) is 9.59 Å². The monoisotopic (exact) mass is 426 g/mol. The van der Waals surface area contributed by atoms with Crippen molar-refractivity contribution in [2.75, 3.05) is 13.7 Å². The summed E-state index contributed by atoms with van der Waals surface area (Å²) in [6.07, 6.45) is 2.28. The van der Waals surface area contributed by atoms with Gasteiger partial charge < -0.3 is 18.9 Å². The molecule has 31 heavy (non-hydrogen) atoms. The number of benzene rings is 2. The minimum Gasteiger partial charge on any atom is -0.497 e. The fraction of sp³-hybridized carbons (Fsp3) is 0.292. The highest BCUT2D eigenvalue weighted by molar-refractivity contribution is 5.91. The Morgan fingerprint density at radius 2 is 1.39 bits per heavy atom. The molecule has 0 N–H and O–H groups in total. The van der Waals surface area contributed by atoms with Crippen molar-refractivity contribution in [1.29, 1.82) is 0 Å². The molecule has 0 radical (unpaired) electrons. The van der Waals surface area contributed by atoms with Gasteiger partial charge in [0, 0.05) is 12.0 Å². The third kappa shape index (κ3) is 8.34. The van der Waals surface area contributed by atoms with Crippen molar-refractivity contribution >= 4 is 17.9 Å². The van der Waals surface area contributed by atoms with Gasteiger partial charge in [0.2, 0.25) is 0 Å². The van der Waals surface area contributed by atoms with Crippen LogP contribution in [0.1, 0.15) is 43.0 Å². The van der Waals surface area contributed by atoms with Crippen LogP contribution in [0.4, 0.5) is 0 Å². The molecule has 7 nitrogen and oxygen atoms in total. The zero-order valence-corrected chi connectivity index (χ0v) is 17.7. The Bertz CT molecular complexity index is 899. The first kappa shape index (κ1) is 23.7. The summed E-state index contributed by atoms with van der Waals surface area (Å²) in [7, 11) is 1.55. The van der Waals surface area contributed by atoms with E-state index in [-0.39, 0.29) is 12.4 Å². The lowest BCUT2D eigenvalue weighted by atomic mass is 10.2. The normalized spacial score (nSPS) is 10.1. The van der Waals surface area contributed by atoms with E-state index in [0.29, 0.717) is 47.8 Å². The van der Waals surface area contributed by atoms with Gasteiger partial charge in [0.05, 0.1) is 19.3 Å². The molecule has 0 bridgehead atoms. The lowest BCUT2D eigenvalue weighted by molar-refractivity contribution is -0.139. The van der Waals surface area contributed by atoms with Crippen LogP contribution in [-0.2, 0) is 14.3 Å². The number of hydrogen-bond acceptors (Lipinski definition) is 7. The first-order valence-electron chi connectivity index (χ1n) is 9.88. The van der Waals surface area contributed by atoms with Crippen LogP contribution in [-0.4, -0.2) is 31.6 Å². The molecule has 0 saturated carbocycles. The van der Waals surface area contributed by atoms with Crippen molar-refractivity contribution in [3.05, 3.63) is 66.2 Å². The molecule has 0 amide bonds. The smallest absolute Gasteiger partial charge is 0.343 e. The molecule has 0 fully saturated rings. The molecule has 0 spiro atoms. The van der Waals surface area contributed by atoms with E-state index in [1.54, 1.807) is 62.6 Å². The molecule has 0 aliphatic carbocycles. The van der Waals surface area contributed by atoms with Crippen LogP contribution in [0.2, 0.25) is 0 Å². The van der Waals surface area contributed by atoms with E-state index in [9.17, 15) is 14.4 Å². The number of carbonyl (C=O) groups is 3. The van der Waals surface area contributed by atoms with Crippen molar-refractivity contribution in [3.63, 3.8) is 0 Å². The second kappa shape index (κ2) is 12.2. The molecule has 0 aromatic heterocycles. The topological polar surface area (TPSA) is 88.1 Å². The molecule has 0 atom stereocenters. The molecule has 2 aromatic carbocycles. The molecule has 164 valence electrons. The summed E-state index contributed by atoms with van der Waals surface area (Å²) in [6.45, 7) is 5.40. The Kier molecular flexibility index (Phi) is 9.29. The van der Waals surface area contributed by atoms with E-state index in [1.165, 1.54) is 0 Å². The van der Waals surface area contributed by atoms with Crippen molar-refractivity contribution in [2.24, 2.45) is 0 Å². The van der Waals surface area contributed by atoms with Crippen LogP contribution in [0.25, 0.3) is 0 Å². The lowest BCUT2D eigenvalue weighted by Crippen LogP contribution is -2.09. The minimum atomic E-state index is -0.499. The average molecular weight is 426 g/mol. The van der Waals surface area contributed by atoms with Gasteiger partial charge in [-0.3, -0.25) is 4.79 Å². The van der Waals surface area contributed by atoms with Gasteiger partial charge in [0.1, 0.15) is 17.2 Å². The van der Waals surface area contributed by atoms with Crippen LogP contribution in [0.15, 0.2) is 60.7 Å². The van der Waals surface area contributed by atoms with Crippen LogP contribution in [0.5, 0.6) is 17.2 Å². The molecule has 2 aromatic rings. The van der Waals surface area contributed by atoms with Gasteiger partial charge in [0.15, 0.2) is 0 Å². The molecule has 0 saturated heterocycles. The minimum absolute atomic E-state index is 0.253. The third-order valence-corrected chi connectivity index (χ3v) is 4.20. The second-order valence-electron chi connectivity index (χ2n) is 6.79. The SMILES string of the molecule is C=C(C)C(=O)OCCCCCC(=O)Oc1ccc(OC(=O)c2ccc(OC)cc2)cc1. The average Bonchev–Trinajstić information content (AvgIpc) is 2.77. The molecule has 0 aliphatic rings. The molecule has 2 rings (SSSR count). The highest BCUT2D eigenvalue weighted by Gasteiger charge is 2.10. The van der Waals surface area contributed by atoms with E-state index in [0.717, 1.165) is 6.42 Å². The van der Waals surface area contributed by atoms with Crippen LogP contribution in [0.3, 0.4) is 0 Å². The Balaban J connectivity index is 1.70. The van der Waals surface area contributed by atoms with Crippen LogP contribution in [0, 0.1) is 0 Å². The lowest BCUT2D eigenvalue weighted by Gasteiger charge is -2.07. The van der Waals surface area contributed by atoms with Gasteiger partial charge in [-0.2, -0.15) is 0 Å². The Labute approximate surface area is 181 Å². The van der Waals surface area contributed by atoms with Crippen molar-refractivity contribution < 1.29 is 33.3 Å². The first-order valence-corrected chi connectivity index (χ1v) is 9.88. The zero-order chi connectivity index (χ0) is 22.6. The highest BCUT2D eigenvalue weighted by Crippen LogP contribution is 2.20. The van der Waals surface area contributed by atoms with Gasteiger partial charge >= 0.3 is 17.9 Å². The molecular formula is C24H26O7. The molecular weight excluding hydrogens is 400 g/mol. The van der Waals surface area contributed by atoms with E-state index < -0.39 is 11.9 Å². The molecule has 0 heterocycles. The van der Waals surface area contributed by atoms with Gasteiger partial charge in [0.25, 0.3) is 0 Å². The second-order valence-corrected chi connectivity index (χ2v) is 6.79. The maximum Gasteiger partial charge on any atom is 0.343 e. The molecule has 7 heteroatoms. The number of carbonyl (C=O) groups excluding carboxylic acids is 3. The van der Waals surface area contributed by atoms with Crippen LogP contribution >= 0.6 is 0 Å². The molecule has 0 aliphatic heterocycles. The van der Waals surface area contributed by atoms with Crippen molar-refractivity contribution in [1.82, 2.24) is 0 Å². The van der Waals surface area contributed by atoms with Crippen molar-refractivity contribution in [2.45, 2.75) is 32.6 Å². The van der Waals surface area contributed by atoms with Gasteiger partial charge in [-0.15, -0.1) is 0 Å². The number of hydrogen-bond donors (Lipinski definition) is 0. The fourth-order valence-electron chi connectivity index (χ4n) is 2.49. The standard InChI is InChI=1S/C24H26O7/c1-17(2)23(26)29-16-6-4-5-7-22(25)30-20-12-14-21(15-13-20)31-24(27)18-8-10-19(28-3)11-9-18/h8-15H,1,4-7,16H2,2-3H3. The largest absolute Gasteiger partial charge is 0.497 e. The van der Waals surface area contributed by atoms with Gasteiger partial charge in [-0.05, 0) is 74.7 Å². The quantitative estimate of drug-likeness (QED) is 0.226. The summed E-state index contributed by atoms with van der Waals surface area (Å²) < 4.78 is 20.6. The highest BCUT2D eigenvalue weighted by atomic mass is 16.5. The number of methoxy groups -OCH3 is 1. The summed E-state index contributed by atoms with van der Waals surface area (Å²) in [5, 5.41) is 0. The fourth-order valence-corrected chi connectivity index (χ4v) is 2.49. The van der Waals surface area contributed by atoms with E-state index in [2.05, 4.69) is 6.58 Å². The number of rotatable bonds is 11. The maximum absolute atomic E-state index is 12.2. The summed E-state index contributed by atoms with van der Waals surface area (Å²) in [5.41, 5.74) is 0.760. The predicted molar refractivity (Wildman–Crippen MR) is 114 cm³/mol. The molecule has 0 unspecified atom stereocenters. The van der Waals surface area contributed by atoms with Crippen molar-refractivity contribution in [3.8, 4) is 17.2 Å². The number of unbranched alkanes of at least 4 members (excludes halogenated alkanes) is 2. The Morgan fingerprint density at radius 1 is 0.806 bits per heavy atom. The zero-order valence-electron chi connectivity index (χ0n) is 17.7. The summed E-state index contributed by atoms with van der Waals surface area (Å²) in [4.78, 5) is 35.3. The predicted octanol–water partition coefficient (Wildman–Crippen LogP) is 4.50. The number of ether oxygens (including phenoxy) is 4. The first-order chi connectivity index (χ1) is 14.9.